The molecule has 33 heavy (non-hydrogen) atoms. The summed E-state index contributed by atoms with van der Waals surface area (Å²) in [4.78, 5) is 6.42. The Bertz CT molecular complexity index is 1250. The first-order valence-electron chi connectivity index (χ1n) is 11.5. The molecule has 2 atom stereocenters. The first-order valence-corrected chi connectivity index (χ1v) is 13.0. The van der Waals surface area contributed by atoms with Gasteiger partial charge in [-0.15, -0.1) is 0 Å². The second-order valence-corrected chi connectivity index (χ2v) is 10.8. The molecule has 2 N–H and O–H groups in total. The third-order valence-corrected chi connectivity index (χ3v) is 7.80. The average molecular weight is 469 g/mol. The van der Waals surface area contributed by atoms with Crippen molar-refractivity contribution in [1.29, 1.82) is 0 Å². The van der Waals surface area contributed by atoms with E-state index in [0.717, 1.165) is 31.4 Å². The van der Waals surface area contributed by atoms with Gasteiger partial charge in [0.25, 0.3) is 10.0 Å². The van der Waals surface area contributed by atoms with Crippen molar-refractivity contribution in [2.45, 2.75) is 43.2 Å². The van der Waals surface area contributed by atoms with Crippen LogP contribution >= 0.6 is 0 Å². The van der Waals surface area contributed by atoms with E-state index in [1.807, 2.05) is 6.07 Å². The number of sulfonamides is 1. The summed E-state index contributed by atoms with van der Waals surface area (Å²) in [5.41, 5.74) is 5.01. The molecule has 0 spiro atoms. The predicted octanol–water partition coefficient (Wildman–Crippen LogP) is 3.12. The zero-order chi connectivity index (χ0) is 23.0. The summed E-state index contributed by atoms with van der Waals surface area (Å²) in [5, 5.41) is 5.05. The number of aryl methyl sites for hydroxylation is 2. The Hall–Kier alpha value is -2.55. The van der Waals surface area contributed by atoms with Gasteiger partial charge in [-0.1, -0.05) is 30.3 Å². The first-order chi connectivity index (χ1) is 15.8. The van der Waals surface area contributed by atoms with Crippen LogP contribution in [0.2, 0.25) is 0 Å². The van der Waals surface area contributed by atoms with Crippen molar-refractivity contribution in [3.05, 3.63) is 83.1 Å². The second kappa shape index (κ2) is 9.00. The lowest BCUT2D eigenvalue weighted by atomic mass is 9.85. The SMILES string of the molecule is NS(=O)(=O)c1cn(CCc2ccc3c(c2)C(Cc2cccc(F)c2)C(CN2CCC2)C3)cn1. The minimum absolute atomic E-state index is 0.111. The molecule has 1 aliphatic heterocycles. The lowest BCUT2D eigenvalue weighted by molar-refractivity contribution is 0.145. The van der Waals surface area contributed by atoms with E-state index in [4.69, 9.17) is 5.14 Å². The highest BCUT2D eigenvalue weighted by Gasteiger charge is 2.34. The average Bonchev–Trinajstić information content (AvgIpc) is 3.34. The van der Waals surface area contributed by atoms with E-state index < -0.39 is 10.0 Å². The molecule has 0 amide bonds. The fourth-order valence-electron chi connectivity index (χ4n) is 5.16. The quantitative estimate of drug-likeness (QED) is 0.551. The van der Waals surface area contributed by atoms with Crippen molar-refractivity contribution in [1.82, 2.24) is 14.5 Å². The van der Waals surface area contributed by atoms with Crippen molar-refractivity contribution < 1.29 is 12.8 Å². The molecule has 1 aromatic heterocycles. The highest BCUT2D eigenvalue weighted by Crippen LogP contribution is 2.41. The Morgan fingerprint density at radius 1 is 1.12 bits per heavy atom. The van der Waals surface area contributed by atoms with E-state index in [1.165, 1.54) is 54.8 Å². The van der Waals surface area contributed by atoms with Crippen molar-refractivity contribution in [2.75, 3.05) is 19.6 Å². The molecule has 1 aliphatic carbocycles. The molecule has 2 aliphatic rings. The van der Waals surface area contributed by atoms with E-state index in [1.54, 1.807) is 16.7 Å². The number of benzene rings is 2. The largest absolute Gasteiger partial charge is 0.336 e. The van der Waals surface area contributed by atoms with Crippen LogP contribution in [0.1, 0.15) is 34.6 Å². The summed E-state index contributed by atoms with van der Waals surface area (Å²) in [6, 6.07) is 13.7. The Labute approximate surface area is 194 Å². The minimum atomic E-state index is -3.79. The Kier molecular flexibility index (Phi) is 6.07. The fourth-order valence-corrected chi connectivity index (χ4v) is 5.64. The number of hydrogen-bond donors (Lipinski definition) is 1. The number of hydrogen-bond acceptors (Lipinski definition) is 4. The molecule has 6 nitrogen and oxygen atoms in total. The summed E-state index contributed by atoms with van der Waals surface area (Å²) >= 11 is 0. The van der Waals surface area contributed by atoms with Gasteiger partial charge in [-0.2, -0.15) is 0 Å². The molecule has 1 saturated heterocycles. The number of likely N-dealkylation sites (tertiary alicyclic amines) is 1. The van der Waals surface area contributed by atoms with Gasteiger partial charge in [-0.25, -0.2) is 22.9 Å². The van der Waals surface area contributed by atoms with Crippen LogP contribution in [0.4, 0.5) is 4.39 Å². The molecule has 0 radical (unpaired) electrons. The van der Waals surface area contributed by atoms with Crippen LogP contribution in [0, 0.1) is 11.7 Å². The number of primary sulfonamides is 1. The molecule has 174 valence electrons. The van der Waals surface area contributed by atoms with Gasteiger partial charge in [0.05, 0.1) is 6.33 Å². The van der Waals surface area contributed by atoms with Crippen molar-refractivity contribution >= 4 is 10.0 Å². The summed E-state index contributed by atoms with van der Waals surface area (Å²) in [6.07, 6.45) is 6.91. The standard InChI is InChI=1S/C25H29FN4O2S/c26-22-4-1-3-19(11-22)13-24-21(15-29-8-2-9-29)14-20-6-5-18(12-23(20)24)7-10-30-16-25(28-17-30)33(27,31)32/h1,3-6,11-12,16-17,21,24H,2,7-10,13-15H2,(H2,27,31,32). The molecule has 8 heteroatoms. The van der Waals surface area contributed by atoms with Crippen molar-refractivity contribution in [3.8, 4) is 0 Å². The van der Waals surface area contributed by atoms with Gasteiger partial charge in [0.15, 0.2) is 5.03 Å². The summed E-state index contributed by atoms with van der Waals surface area (Å²) in [7, 11) is -3.79. The second-order valence-electron chi connectivity index (χ2n) is 9.34. The lowest BCUT2D eigenvalue weighted by Crippen LogP contribution is -2.41. The Morgan fingerprint density at radius 2 is 1.97 bits per heavy atom. The molecular formula is C25H29FN4O2S. The van der Waals surface area contributed by atoms with E-state index in [9.17, 15) is 12.8 Å². The highest BCUT2D eigenvalue weighted by atomic mass is 32.2. The van der Waals surface area contributed by atoms with Crippen LogP contribution in [0.3, 0.4) is 0 Å². The normalized spacial score (nSPS) is 20.5. The molecule has 2 heterocycles. The number of aromatic nitrogens is 2. The molecular weight excluding hydrogens is 439 g/mol. The minimum Gasteiger partial charge on any atom is -0.336 e. The van der Waals surface area contributed by atoms with Gasteiger partial charge in [0.2, 0.25) is 0 Å². The summed E-state index contributed by atoms with van der Waals surface area (Å²) in [6.45, 7) is 4.06. The third-order valence-electron chi connectivity index (χ3n) is 7.01. The van der Waals surface area contributed by atoms with Gasteiger partial charge in [0.1, 0.15) is 5.82 Å². The molecule has 2 unspecified atom stereocenters. The number of imidazole rings is 1. The van der Waals surface area contributed by atoms with Gasteiger partial charge >= 0.3 is 0 Å². The van der Waals surface area contributed by atoms with Crippen LogP contribution in [-0.2, 0) is 35.8 Å². The maximum absolute atomic E-state index is 13.8. The number of nitrogens with zero attached hydrogens (tertiary/aromatic N) is 3. The number of rotatable bonds is 8. The maximum atomic E-state index is 13.8. The van der Waals surface area contributed by atoms with Crippen molar-refractivity contribution in [2.24, 2.45) is 11.1 Å². The molecule has 5 rings (SSSR count). The Balaban J connectivity index is 1.35. The van der Waals surface area contributed by atoms with E-state index in [-0.39, 0.29) is 10.8 Å². The monoisotopic (exact) mass is 468 g/mol. The zero-order valence-corrected chi connectivity index (χ0v) is 19.3. The third kappa shape index (κ3) is 5.03. The number of nitrogens with two attached hydrogens (primary N) is 1. The van der Waals surface area contributed by atoms with Crippen molar-refractivity contribution in [3.63, 3.8) is 0 Å². The lowest BCUT2D eigenvalue weighted by Gasteiger charge is -2.35. The van der Waals surface area contributed by atoms with Gasteiger partial charge in [-0.3, -0.25) is 0 Å². The fraction of sp³-hybridized carbons (Fsp3) is 0.400. The molecule has 2 aromatic carbocycles. The van der Waals surface area contributed by atoms with Gasteiger partial charge in [-0.05, 0) is 85.0 Å². The molecule has 0 saturated carbocycles. The Morgan fingerprint density at radius 3 is 2.67 bits per heavy atom. The molecule has 0 bridgehead atoms. The predicted molar refractivity (Wildman–Crippen MR) is 125 cm³/mol. The van der Waals surface area contributed by atoms with E-state index in [2.05, 4.69) is 28.1 Å². The number of fused-ring (bicyclic) bond motifs is 1. The topological polar surface area (TPSA) is 81.2 Å². The van der Waals surface area contributed by atoms with Gasteiger partial charge < -0.3 is 9.47 Å². The molecule has 3 aromatic rings. The van der Waals surface area contributed by atoms with Crippen LogP contribution in [0.25, 0.3) is 0 Å². The van der Waals surface area contributed by atoms with Crippen LogP contribution in [0.15, 0.2) is 60.0 Å². The van der Waals surface area contributed by atoms with Gasteiger partial charge in [0, 0.05) is 19.3 Å². The van der Waals surface area contributed by atoms with Crippen LogP contribution in [-0.4, -0.2) is 42.5 Å². The maximum Gasteiger partial charge on any atom is 0.257 e. The zero-order valence-electron chi connectivity index (χ0n) is 18.5. The highest BCUT2D eigenvalue weighted by molar-refractivity contribution is 7.89. The van der Waals surface area contributed by atoms with Crippen LogP contribution < -0.4 is 5.14 Å². The number of halogens is 1. The first kappa shape index (κ1) is 22.3. The smallest absolute Gasteiger partial charge is 0.257 e. The van der Waals surface area contributed by atoms with E-state index >= 15 is 0 Å². The molecule has 1 fully saturated rings. The summed E-state index contributed by atoms with van der Waals surface area (Å²) < 4.78 is 38.5. The van der Waals surface area contributed by atoms with E-state index in [0.29, 0.717) is 18.4 Å². The van der Waals surface area contributed by atoms with Crippen LogP contribution in [0.5, 0.6) is 0 Å². The summed E-state index contributed by atoms with van der Waals surface area (Å²) in [5.74, 6) is 0.715.